The number of nitrogens with zero attached hydrogens (tertiary/aromatic N) is 4. The van der Waals surface area contributed by atoms with Crippen molar-refractivity contribution in [1.82, 2.24) is 19.6 Å². The molecule has 0 saturated carbocycles. The maximum absolute atomic E-state index is 12.9. The number of rotatable bonds is 3. The molecule has 140 valence electrons. The van der Waals surface area contributed by atoms with Gasteiger partial charge in [0.2, 0.25) is 5.91 Å². The molecule has 1 saturated heterocycles. The van der Waals surface area contributed by atoms with E-state index in [4.69, 9.17) is 0 Å². The van der Waals surface area contributed by atoms with Crippen LogP contribution in [-0.4, -0.2) is 57.6 Å². The van der Waals surface area contributed by atoms with Gasteiger partial charge in [0.05, 0.1) is 17.1 Å². The van der Waals surface area contributed by atoms with E-state index in [1.807, 2.05) is 40.8 Å². The minimum atomic E-state index is 0.0464. The first kappa shape index (κ1) is 17.7. The zero-order valence-corrected chi connectivity index (χ0v) is 16.3. The number of amides is 2. The average Bonchev–Trinajstić information content (AvgIpc) is 3.24. The van der Waals surface area contributed by atoms with Crippen LogP contribution in [0.25, 0.3) is 10.2 Å². The molecule has 0 unspecified atom stereocenters. The summed E-state index contributed by atoms with van der Waals surface area (Å²) in [6, 6.07) is 12.2. The normalized spacial score (nSPS) is 14.7. The third-order valence-corrected chi connectivity index (χ3v) is 6.14. The molecule has 7 heteroatoms. The van der Waals surface area contributed by atoms with E-state index in [1.54, 1.807) is 11.8 Å². The van der Waals surface area contributed by atoms with Gasteiger partial charge in [-0.1, -0.05) is 30.3 Å². The summed E-state index contributed by atoms with van der Waals surface area (Å²) < 4.78 is 1.98. The number of benzene rings is 1. The van der Waals surface area contributed by atoms with Crippen LogP contribution in [-0.2, 0) is 11.3 Å². The Hall–Kier alpha value is -2.67. The fraction of sp³-hybridized carbons (Fsp3) is 0.350. The molecule has 27 heavy (non-hydrogen) atoms. The van der Waals surface area contributed by atoms with E-state index < -0.39 is 0 Å². The molecule has 3 aromatic rings. The lowest BCUT2D eigenvalue weighted by molar-refractivity contribution is -0.130. The zero-order valence-electron chi connectivity index (χ0n) is 15.5. The summed E-state index contributed by atoms with van der Waals surface area (Å²) in [6.07, 6.45) is 0. The molecular formula is C20H22N4O2S. The smallest absolute Gasteiger partial charge is 0.264 e. The van der Waals surface area contributed by atoms with Gasteiger partial charge in [-0.15, -0.1) is 11.3 Å². The number of fused-ring (bicyclic) bond motifs is 1. The van der Waals surface area contributed by atoms with Crippen molar-refractivity contribution in [2.45, 2.75) is 20.4 Å². The van der Waals surface area contributed by atoms with Gasteiger partial charge >= 0.3 is 0 Å². The third kappa shape index (κ3) is 3.47. The van der Waals surface area contributed by atoms with Gasteiger partial charge in [0, 0.05) is 38.5 Å². The topological polar surface area (TPSA) is 58.4 Å². The highest BCUT2D eigenvalue weighted by molar-refractivity contribution is 7.20. The summed E-state index contributed by atoms with van der Waals surface area (Å²) in [5.41, 5.74) is 2.13. The maximum atomic E-state index is 12.9. The van der Waals surface area contributed by atoms with Crippen LogP contribution in [0, 0.1) is 6.92 Å². The summed E-state index contributed by atoms with van der Waals surface area (Å²) >= 11 is 1.50. The Labute approximate surface area is 162 Å². The molecule has 3 heterocycles. The molecule has 0 radical (unpaired) electrons. The van der Waals surface area contributed by atoms with Crippen molar-refractivity contribution in [3.63, 3.8) is 0 Å². The van der Waals surface area contributed by atoms with E-state index in [-0.39, 0.29) is 11.8 Å². The Bertz CT molecular complexity index is 984. The van der Waals surface area contributed by atoms with Crippen LogP contribution in [0.1, 0.15) is 27.9 Å². The predicted octanol–water partition coefficient (Wildman–Crippen LogP) is 2.76. The maximum Gasteiger partial charge on any atom is 0.264 e. The second kappa shape index (κ2) is 7.15. The van der Waals surface area contributed by atoms with Crippen molar-refractivity contribution in [3.05, 3.63) is 52.5 Å². The molecule has 2 aromatic heterocycles. The molecule has 1 aliphatic heterocycles. The first-order valence-corrected chi connectivity index (χ1v) is 9.90. The number of aromatic nitrogens is 2. The number of carbonyl (C=O) groups excluding carboxylic acids is 2. The van der Waals surface area contributed by atoms with Gasteiger partial charge < -0.3 is 9.80 Å². The van der Waals surface area contributed by atoms with E-state index in [0.29, 0.717) is 32.7 Å². The Morgan fingerprint density at radius 2 is 1.74 bits per heavy atom. The molecule has 0 spiro atoms. The molecule has 0 aliphatic carbocycles. The lowest BCUT2D eigenvalue weighted by atomic mass is 10.2. The highest BCUT2D eigenvalue weighted by Crippen LogP contribution is 2.30. The van der Waals surface area contributed by atoms with E-state index >= 15 is 0 Å². The molecule has 0 atom stereocenters. The summed E-state index contributed by atoms with van der Waals surface area (Å²) in [5.74, 6) is 0.116. The van der Waals surface area contributed by atoms with Crippen molar-refractivity contribution in [2.24, 2.45) is 0 Å². The minimum Gasteiger partial charge on any atom is -0.339 e. The molecule has 6 nitrogen and oxygen atoms in total. The van der Waals surface area contributed by atoms with Crippen molar-refractivity contribution in [2.75, 3.05) is 26.2 Å². The van der Waals surface area contributed by atoms with Crippen LogP contribution in [0.15, 0.2) is 36.4 Å². The molecule has 0 N–H and O–H groups in total. The quantitative estimate of drug-likeness (QED) is 0.700. The van der Waals surface area contributed by atoms with Gasteiger partial charge in [-0.2, -0.15) is 5.10 Å². The fourth-order valence-corrected chi connectivity index (χ4v) is 4.59. The molecular weight excluding hydrogens is 360 g/mol. The van der Waals surface area contributed by atoms with Gasteiger partial charge in [-0.25, -0.2) is 0 Å². The van der Waals surface area contributed by atoms with Crippen LogP contribution in [0.3, 0.4) is 0 Å². The number of aryl methyl sites for hydroxylation is 1. The first-order chi connectivity index (χ1) is 13.0. The SMILES string of the molecule is CC(=O)N1CCN(C(=O)c2cc3c(C)nn(Cc4ccccc4)c3s2)CC1. The van der Waals surface area contributed by atoms with E-state index in [0.717, 1.165) is 20.8 Å². The second-order valence-electron chi connectivity index (χ2n) is 6.86. The van der Waals surface area contributed by atoms with Crippen LogP contribution in [0.5, 0.6) is 0 Å². The standard InChI is InChI=1S/C20H22N4O2S/c1-14-17-12-18(19(26)23-10-8-22(9-11-23)15(2)25)27-20(17)24(21-14)13-16-6-4-3-5-7-16/h3-7,12H,8-11,13H2,1-2H3. The number of piperazine rings is 1. The molecule has 1 aromatic carbocycles. The fourth-order valence-electron chi connectivity index (χ4n) is 3.46. The van der Waals surface area contributed by atoms with E-state index in [2.05, 4.69) is 17.2 Å². The van der Waals surface area contributed by atoms with Crippen LogP contribution >= 0.6 is 11.3 Å². The Balaban J connectivity index is 1.56. The van der Waals surface area contributed by atoms with Gasteiger partial charge in [-0.3, -0.25) is 14.3 Å². The van der Waals surface area contributed by atoms with E-state index in [1.165, 1.54) is 16.9 Å². The summed E-state index contributed by atoms with van der Waals surface area (Å²) in [7, 11) is 0. The summed E-state index contributed by atoms with van der Waals surface area (Å²) in [5, 5.41) is 5.69. The lowest BCUT2D eigenvalue weighted by Crippen LogP contribution is -2.49. The van der Waals surface area contributed by atoms with Crippen LogP contribution < -0.4 is 0 Å². The van der Waals surface area contributed by atoms with Gasteiger partial charge in [0.15, 0.2) is 0 Å². The van der Waals surface area contributed by atoms with Crippen molar-refractivity contribution < 1.29 is 9.59 Å². The number of thiophene rings is 1. The molecule has 4 rings (SSSR count). The van der Waals surface area contributed by atoms with Gasteiger partial charge in [-0.05, 0) is 18.6 Å². The Morgan fingerprint density at radius 3 is 2.41 bits per heavy atom. The van der Waals surface area contributed by atoms with Crippen LogP contribution in [0.2, 0.25) is 0 Å². The monoisotopic (exact) mass is 382 g/mol. The summed E-state index contributed by atoms with van der Waals surface area (Å²) in [6.45, 7) is 6.63. The molecule has 1 fully saturated rings. The van der Waals surface area contributed by atoms with Crippen molar-refractivity contribution in [1.29, 1.82) is 0 Å². The predicted molar refractivity (Wildman–Crippen MR) is 106 cm³/mol. The van der Waals surface area contributed by atoms with Crippen LogP contribution in [0.4, 0.5) is 0 Å². The zero-order chi connectivity index (χ0) is 19.0. The summed E-state index contributed by atoms with van der Waals surface area (Å²) in [4.78, 5) is 29.8. The highest BCUT2D eigenvalue weighted by atomic mass is 32.1. The second-order valence-corrected chi connectivity index (χ2v) is 7.89. The highest BCUT2D eigenvalue weighted by Gasteiger charge is 2.25. The minimum absolute atomic E-state index is 0.0464. The van der Waals surface area contributed by atoms with Crippen molar-refractivity contribution >= 4 is 33.4 Å². The van der Waals surface area contributed by atoms with E-state index in [9.17, 15) is 9.59 Å². The average molecular weight is 382 g/mol. The first-order valence-electron chi connectivity index (χ1n) is 9.08. The van der Waals surface area contributed by atoms with Gasteiger partial charge in [0.1, 0.15) is 4.83 Å². The number of hydrogen-bond donors (Lipinski definition) is 0. The molecule has 2 amide bonds. The third-order valence-electron chi connectivity index (χ3n) is 5.01. The number of hydrogen-bond acceptors (Lipinski definition) is 4. The lowest BCUT2D eigenvalue weighted by Gasteiger charge is -2.33. The number of carbonyl (C=O) groups is 2. The molecule has 0 bridgehead atoms. The van der Waals surface area contributed by atoms with Gasteiger partial charge in [0.25, 0.3) is 5.91 Å². The largest absolute Gasteiger partial charge is 0.339 e. The van der Waals surface area contributed by atoms with Crippen molar-refractivity contribution in [3.8, 4) is 0 Å². The Morgan fingerprint density at radius 1 is 1.07 bits per heavy atom. The Kier molecular flexibility index (Phi) is 4.70. The molecule has 1 aliphatic rings.